The van der Waals surface area contributed by atoms with Crippen LogP contribution in [0.4, 0.5) is 0 Å². The lowest BCUT2D eigenvalue weighted by molar-refractivity contribution is 0.116. The molecule has 0 aliphatic carbocycles. The third-order valence-corrected chi connectivity index (χ3v) is 3.77. The van der Waals surface area contributed by atoms with Crippen LogP contribution in [0.3, 0.4) is 0 Å². The van der Waals surface area contributed by atoms with Crippen molar-refractivity contribution < 1.29 is 0 Å². The molecule has 0 unspecified atom stereocenters. The summed E-state index contributed by atoms with van der Waals surface area (Å²) < 4.78 is 0. The second-order valence-corrected chi connectivity index (χ2v) is 5.46. The molecule has 5 nitrogen and oxygen atoms in total. The van der Waals surface area contributed by atoms with E-state index in [9.17, 15) is 0 Å². The Bertz CT molecular complexity index is 431. The normalized spacial score (nSPS) is 21.9. The second-order valence-electron chi connectivity index (χ2n) is 5.46. The molecule has 0 amide bonds. The van der Waals surface area contributed by atoms with Gasteiger partial charge in [0.25, 0.3) is 0 Å². The van der Waals surface area contributed by atoms with Crippen molar-refractivity contribution in [1.82, 2.24) is 15.1 Å². The highest BCUT2D eigenvalue weighted by molar-refractivity contribution is 5.77. The summed E-state index contributed by atoms with van der Waals surface area (Å²) in [5.41, 5.74) is 7.10. The summed E-state index contributed by atoms with van der Waals surface area (Å²) in [6.45, 7) is 4.76. The first kappa shape index (κ1) is 14.8. The first-order chi connectivity index (χ1) is 9.65. The van der Waals surface area contributed by atoms with Crippen LogP contribution in [0.15, 0.2) is 35.3 Å². The molecule has 2 rings (SSSR count). The minimum atomic E-state index is 0.485. The van der Waals surface area contributed by atoms with Crippen molar-refractivity contribution in [3.63, 3.8) is 0 Å². The van der Waals surface area contributed by atoms with E-state index in [1.807, 2.05) is 18.2 Å². The van der Waals surface area contributed by atoms with Crippen molar-refractivity contribution in [2.24, 2.45) is 10.7 Å². The maximum atomic E-state index is 5.93. The molecule has 5 heteroatoms. The van der Waals surface area contributed by atoms with Gasteiger partial charge in [-0.3, -0.25) is 4.90 Å². The molecule has 1 saturated heterocycles. The fourth-order valence-electron chi connectivity index (χ4n) is 2.36. The summed E-state index contributed by atoms with van der Waals surface area (Å²) in [7, 11) is 4.32. The van der Waals surface area contributed by atoms with Gasteiger partial charge >= 0.3 is 0 Å². The number of guanidine groups is 1. The first-order valence-corrected chi connectivity index (χ1v) is 7.11. The monoisotopic (exact) mass is 275 g/mol. The summed E-state index contributed by atoms with van der Waals surface area (Å²) in [6.07, 6.45) is 0. The predicted octanol–water partition coefficient (Wildman–Crippen LogP) is 0.337. The number of benzene rings is 1. The van der Waals surface area contributed by atoms with E-state index in [0.717, 1.165) is 26.2 Å². The van der Waals surface area contributed by atoms with Crippen molar-refractivity contribution >= 4 is 5.96 Å². The smallest absolute Gasteiger partial charge is 0.188 e. The zero-order valence-electron chi connectivity index (χ0n) is 12.4. The van der Waals surface area contributed by atoms with E-state index < -0.39 is 0 Å². The number of nitrogens with one attached hydrogen (secondary N) is 1. The van der Waals surface area contributed by atoms with Gasteiger partial charge in [0.05, 0.1) is 6.54 Å². The van der Waals surface area contributed by atoms with E-state index in [4.69, 9.17) is 5.73 Å². The third-order valence-electron chi connectivity index (χ3n) is 3.77. The third kappa shape index (κ3) is 4.51. The second kappa shape index (κ2) is 7.26. The van der Waals surface area contributed by atoms with Crippen molar-refractivity contribution in [3.05, 3.63) is 35.9 Å². The average molecular weight is 275 g/mol. The van der Waals surface area contributed by atoms with E-state index in [2.05, 4.69) is 46.3 Å². The molecule has 1 aliphatic heterocycles. The van der Waals surface area contributed by atoms with E-state index in [0.29, 0.717) is 18.5 Å². The van der Waals surface area contributed by atoms with Crippen molar-refractivity contribution in [2.45, 2.75) is 12.6 Å². The Kier molecular flexibility index (Phi) is 5.38. The standard InChI is InChI=1S/C15H25N5/c1-19-8-9-20(2)14(12-19)11-18-15(16)17-10-13-6-4-3-5-7-13/h3-7,14H,8-12H2,1-2H3,(H3,16,17,18)/t14-/m0/s1. The zero-order valence-corrected chi connectivity index (χ0v) is 12.4. The maximum absolute atomic E-state index is 5.93. The zero-order chi connectivity index (χ0) is 14.4. The van der Waals surface area contributed by atoms with Gasteiger partial charge in [-0.25, -0.2) is 4.99 Å². The maximum Gasteiger partial charge on any atom is 0.188 e. The number of hydrogen-bond donors (Lipinski definition) is 2. The Labute approximate surface area is 121 Å². The van der Waals surface area contributed by atoms with Crippen LogP contribution in [-0.4, -0.2) is 62.1 Å². The van der Waals surface area contributed by atoms with Crippen LogP contribution in [0.1, 0.15) is 5.56 Å². The topological polar surface area (TPSA) is 56.9 Å². The van der Waals surface area contributed by atoms with E-state index in [1.165, 1.54) is 5.56 Å². The fraction of sp³-hybridized carbons (Fsp3) is 0.533. The fourth-order valence-corrected chi connectivity index (χ4v) is 2.36. The molecule has 1 aliphatic rings. The van der Waals surface area contributed by atoms with Gasteiger partial charge in [0.1, 0.15) is 0 Å². The van der Waals surface area contributed by atoms with Crippen molar-refractivity contribution in [2.75, 3.05) is 40.3 Å². The summed E-state index contributed by atoms with van der Waals surface area (Å²) in [5.74, 6) is 0.524. The highest BCUT2D eigenvalue weighted by atomic mass is 15.3. The number of aliphatic imine (C=N–C) groups is 1. The Morgan fingerprint density at radius 2 is 2.05 bits per heavy atom. The van der Waals surface area contributed by atoms with Gasteiger partial charge in [-0.15, -0.1) is 0 Å². The molecule has 0 spiro atoms. The number of piperazine rings is 1. The van der Waals surface area contributed by atoms with Crippen LogP contribution in [0.2, 0.25) is 0 Å². The van der Waals surface area contributed by atoms with Crippen LogP contribution in [0.5, 0.6) is 0 Å². The molecule has 0 bridgehead atoms. The highest BCUT2D eigenvalue weighted by Crippen LogP contribution is 2.04. The lowest BCUT2D eigenvalue weighted by atomic mass is 10.2. The number of nitrogens with zero attached hydrogens (tertiary/aromatic N) is 3. The SMILES string of the molecule is CN1CCN(C)[C@@H](CNC(N)=NCc2ccccc2)C1. The molecule has 0 aromatic heterocycles. The largest absolute Gasteiger partial charge is 0.370 e. The molecule has 3 N–H and O–H groups in total. The molecule has 1 aromatic carbocycles. The average Bonchev–Trinajstić information content (AvgIpc) is 2.47. The lowest BCUT2D eigenvalue weighted by Crippen LogP contribution is -2.55. The Balaban J connectivity index is 1.78. The lowest BCUT2D eigenvalue weighted by Gasteiger charge is -2.37. The summed E-state index contributed by atoms with van der Waals surface area (Å²) in [4.78, 5) is 9.10. The highest BCUT2D eigenvalue weighted by Gasteiger charge is 2.21. The van der Waals surface area contributed by atoms with Crippen LogP contribution >= 0.6 is 0 Å². The molecule has 1 fully saturated rings. The summed E-state index contributed by atoms with van der Waals surface area (Å²) in [6, 6.07) is 10.6. The number of rotatable bonds is 4. The van der Waals surface area contributed by atoms with Gasteiger partial charge in [-0.2, -0.15) is 0 Å². The molecule has 1 atom stereocenters. The van der Waals surface area contributed by atoms with E-state index in [-0.39, 0.29) is 0 Å². The molecular weight excluding hydrogens is 250 g/mol. The summed E-state index contributed by atoms with van der Waals surface area (Å²) in [5, 5.41) is 3.23. The summed E-state index contributed by atoms with van der Waals surface area (Å²) >= 11 is 0. The minimum absolute atomic E-state index is 0.485. The molecule has 0 saturated carbocycles. The van der Waals surface area contributed by atoms with E-state index >= 15 is 0 Å². The first-order valence-electron chi connectivity index (χ1n) is 7.11. The van der Waals surface area contributed by atoms with Gasteiger partial charge in [0, 0.05) is 32.2 Å². The Morgan fingerprint density at radius 3 is 2.80 bits per heavy atom. The Hall–Kier alpha value is -1.59. The van der Waals surface area contributed by atoms with E-state index in [1.54, 1.807) is 0 Å². The van der Waals surface area contributed by atoms with Crippen molar-refractivity contribution in [3.8, 4) is 0 Å². The minimum Gasteiger partial charge on any atom is -0.370 e. The van der Waals surface area contributed by atoms with Gasteiger partial charge in [-0.1, -0.05) is 30.3 Å². The molecular formula is C15H25N5. The van der Waals surface area contributed by atoms with Gasteiger partial charge < -0.3 is 16.0 Å². The molecule has 1 aromatic rings. The van der Waals surface area contributed by atoms with Crippen LogP contribution in [0, 0.1) is 0 Å². The van der Waals surface area contributed by atoms with Crippen molar-refractivity contribution in [1.29, 1.82) is 0 Å². The van der Waals surface area contributed by atoms with Crippen LogP contribution < -0.4 is 11.1 Å². The number of hydrogen-bond acceptors (Lipinski definition) is 3. The van der Waals surface area contributed by atoms with Crippen LogP contribution in [-0.2, 0) is 6.54 Å². The van der Waals surface area contributed by atoms with Gasteiger partial charge in [-0.05, 0) is 19.7 Å². The van der Waals surface area contributed by atoms with Gasteiger partial charge in [0.15, 0.2) is 5.96 Å². The quantitative estimate of drug-likeness (QED) is 0.614. The predicted molar refractivity (Wildman–Crippen MR) is 83.7 cm³/mol. The van der Waals surface area contributed by atoms with Gasteiger partial charge in [0.2, 0.25) is 0 Å². The van der Waals surface area contributed by atoms with Crippen LogP contribution in [0.25, 0.3) is 0 Å². The molecule has 0 radical (unpaired) electrons. The molecule has 20 heavy (non-hydrogen) atoms. The Morgan fingerprint density at radius 1 is 1.30 bits per heavy atom. The number of nitrogens with two attached hydrogens (primary N) is 1. The molecule has 1 heterocycles. The number of likely N-dealkylation sites (N-methyl/N-ethyl adjacent to an activating group) is 2. The molecule has 110 valence electrons.